The van der Waals surface area contributed by atoms with Crippen LogP contribution in [-0.4, -0.2) is 18.1 Å². The Kier molecular flexibility index (Phi) is 5.17. The first-order chi connectivity index (χ1) is 8.56. The van der Waals surface area contributed by atoms with Crippen LogP contribution in [0.25, 0.3) is 0 Å². The van der Waals surface area contributed by atoms with Gasteiger partial charge in [-0.1, -0.05) is 11.6 Å². The molecule has 0 aliphatic rings. The Morgan fingerprint density at radius 3 is 2.83 bits per heavy atom. The molecular weight excluding hydrogens is 232 g/mol. The van der Waals surface area contributed by atoms with Crippen LogP contribution < -0.4 is 10.1 Å². The van der Waals surface area contributed by atoms with E-state index in [4.69, 9.17) is 4.74 Å². The second-order valence-corrected chi connectivity index (χ2v) is 4.00. The van der Waals surface area contributed by atoms with Gasteiger partial charge in [-0.15, -0.1) is 6.58 Å². The molecule has 0 spiro atoms. The highest BCUT2D eigenvalue weighted by atomic mass is 16.6. The molecule has 1 N–H and O–H groups in total. The van der Waals surface area contributed by atoms with E-state index < -0.39 is 4.92 Å². The minimum atomic E-state index is -0.423. The van der Waals surface area contributed by atoms with E-state index in [2.05, 4.69) is 11.9 Å². The van der Waals surface area contributed by atoms with E-state index in [-0.39, 0.29) is 5.69 Å². The zero-order chi connectivity index (χ0) is 13.5. The quantitative estimate of drug-likeness (QED) is 0.458. The number of hydrogen-bond donors (Lipinski definition) is 1. The van der Waals surface area contributed by atoms with Gasteiger partial charge in [0.25, 0.3) is 0 Å². The molecule has 5 nitrogen and oxygen atoms in total. The van der Waals surface area contributed by atoms with Gasteiger partial charge in [0, 0.05) is 13.0 Å². The lowest BCUT2D eigenvalue weighted by molar-refractivity contribution is -0.384. The number of nitro groups is 1. The van der Waals surface area contributed by atoms with Gasteiger partial charge in [0.2, 0.25) is 0 Å². The number of nitrogens with zero attached hydrogens (tertiary/aromatic N) is 1. The number of anilines is 1. The van der Waals surface area contributed by atoms with Gasteiger partial charge in [0.1, 0.15) is 5.69 Å². The molecule has 0 aliphatic heterocycles. The maximum atomic E-state index is 11.1. The summed E-state index contributed by atoms with van der Waals surface area (Å²) in [6.45, 7) is 8.56. The maximum absolute atomic E-state index is 11.1. The summed E-state index contributed by atoms with van der Waals surface area (Å²) in [5, 5.41) is 14.0. The Morgan fingerprint density at radius 2 is 2.28 bits per heavy atom. The Hall–Kier alpha value is -2.04. The number of hydrogen-bond acceptors (Lipinski definition) is 4. The Labute approximate surface area is 107 Å². The van der Waals surface area contributed by atoms with Crippen molar-refractivity contribution >= 4 is 11.4 Å². The van der Waals surface area contributed by atoms with Crippen LogP contribution in [0.1, 0.15) is 20.3 Å². The molecule has 1 aromatic carbocycles. The highest BCUT2D eigenvalue weighted by Gasteiger charge is 2.20. The molecule has 0 saturated carbocycles. The van der Waals surface area contributed by atoms with Crippen LogP contribution in [0.15, 0.2) is 30.4 Å². The second kappa shape index (κ2) is 6.64. The highest BCUT2D eigenvalue weighted by molar-refractivity contribution is 5.68. The van der Waals surface area contributed by atoms with Crippen molar-refractivity contribution in [2.45, 2.75) is 20.3 Å². The molecule has 0 aromatic heterocycles. The van der Waals surface area contributed by atoms with E-state index in [0.717, 1.165) is 5.57 Å². The van der Waals surface area contributed by atoms with Gasteiger partial charge in [-0.05, 0) is 26.0 Å². The molecule has 0 fully saturated rings. The summed E-state index contributed by atoms with van der Waals surface area (Å²) in [7, 11) is 0. The van der Waals surface area contributed by atoms with E-state index in [1.807, 2.05) is 13.8 Å². The number of nitrogens with one attached hydrogen (secondary N) is 1. The molecule has 0 aliphatic carbocycles. The van der Waals surface area contributed by atoms with Gasteiger partial charge in [0.15, 0.2) is 5.75 Å². The summed E-state index contributed by atoms with van der Waals surface area (Å²) in [4.78, 5) is 10.7. The van der Waals surface area contributed by atoms with Crippen LogP contribution in [0.3, 0.4) is 0 Å². The van der Waals surface area contributed by atoms with E-state index in [9.17, 15) is 10.1 Å². The van der Waals surface area contributed by atoms with E-state index in [1.54, 1.807) is 18.2 Å². The molecule has 0 unspecified atom stereocenters. The molecule has 0 amide bonds. The maximum Gasteiger partial charge on any atom is 0.333 e. The van der Waals surface area contributed by atoms with E-state index >= 15 is 0 Å². The minimum absolute atomic E-state index is 0.0129. The zero-order valence-electron chi connectivity index (χ0n) is 10.7. The molecule has 0 atom stereocenters. The molecule has 0 bridgehead atoms. The largest absolute Gasteiger partial charge is 0.486 e. The zero-order valence-corrected chi connectivity index (χ0v) is 10.7. The number of benzene rings is 1. The molecule has 0 heterocycles. The molecule has 98 valence electrons. The third-order valence-corrected chi connectivity index (χ3v) is 2.34. The lowest BCUT2D eigenvalue weighted by atomic mass is 10.2. The second-order valence-electron chi connectivity index (χ2n) is 4.00. The fourth-order valence-electron chi connectivity index (χ4n) is 1.50. The number of ether oxygens (including phenoxy) is 1. The summed E-state index contributed by atoms with van der Waals surface area (Å²) in [6, 6.07) is 5.02. The third kappa shape index (κ3) is 3.76. The SMILES string of the molecule is C=C(C)CCOc1cccc(NCC)c1[N+](=O)[O-]. The Balaban J connectivity index is 2.92. The summed E-state index contributed by atoms with van der Waals surface area (Å²) in [5.41, 5.74) is 1.46. The van der Waals surface area contributed by atoms with Gasteiger partial charge in [0.05, 0.1) is 11.5 Å². The first-order valence-electron chi connectivity index (χ1n) is 5.84. The van der Waals surface area contributed by atoms with Crippen LogP contribution in [0.5, 0.6) is 5.75 Å². The molecule has 1 rings (SSSR count). The van der Waals surface area contributed by atoms with Crippen molar-refractivity contribution in [3.8, 4) is 5.75 Å². The summed E-state index contributed by atoms with van der Waals surface area (Å²) in [5.74, 6) is 0.291. The highest BCUT2D eigenvalue weighted by Crippen LogP contribution is 2.34. The van der Waals surface area contributed by atoms with Gasteiger partial charge in [-0.2, -0.15) is 0 Å². The fourth-order valence-corrected chi connectivity index (χ4v) is 1.50. The van der Waals surface area contributed by atoms with Crippen LogP contribution in [0, 0.1) is 10.1 Å². The average molecular weight is 250 g/mol. The average Bonchev–Trinajstić information content (AvgIpc) is 2.28. The standard InChI is InChI=1S/C13H18N2O3/c1-4-14-11-6-5-7-12(13(11)15(16)17)18-9-8-10(2)3/h5-7,14H,2,4,8-9H2,1,3H3. The van der Waals surface area contributed by atoms with Crippen molar-refractivity contribution in [1.82, 2.24) is 0 Å². The lowest BCUT2D eigenvalue weighted by Gasteiger charge is -2.10. The first-order valence-corrected chi connectivity index (χ1v) is 5.84. The monoisotopic (exact) mass is 250 g/mol. The summed E-state index contributed by atoms with van der Waals surface area (Å²) in [6.07, 6.45) is 0.683. The Bertz CT molecular complexity index is 444. The van der Waals surface area contributed by atoms with Crippen LogP contribution in [-0.2, 0) is 0 Å². The normalized spacial score (nSPS) is 9.89. The topological polar surface area (TPSA) is 64.4 Å². The van der Waals surface area contributed by atoms with Crippen molar-refractivity contribution in [1.29, 1.82) is 0 Å². The molecular formula is C13H18N2O3. The van der Waals surface area contributed by atoms with E-state index in [1.165, 1.54) is 0 Å². The number of rotatable bonds is 7. The summed E-state index contributed by atoms with van der Waals surface area (Å²) >= 11 is 0. The van der Waals surface area contributed by atoms with Gasteiger partial charge in [-0.3, -0.25) is 10.1 Å². The third-order valence-electron chi connectivity index (χ3n) is 2.34. The number of para-hydroxylation sites is 1. The van der Waals surface area contributed by atoms with Crippen molar-refractivity contribution in [2.24, 2.45) is 0 Å². The smallest absolute Gasteiger partial charge is 0.333 e. The van der Waals surface area contributed by atoms with Crippen molar-refractivity contribution < 1.29 is 9.66 Å². The van der Waals surface area contributed by atoms with Crippen LogP contribution in [0.2, 0.25) is 0 Å². The van der Waals surface area contributed by atoms with Gasteiger partial charge < -0.3 is 10.1 Å². The van der Waals surface area contributed by atoms with E-state index in [0.29, 0.717) is 31.0 Å². The lowest BCUT2D eigenvalue weighted by Crippen LogP contribution is -2.05. The van der Waals surface area contributed by atoms with Crippen LogP contribution in [0.4, 0.5) is 11.4 Å². The predicted octanol–water partition coefficient (Wildman–Crippen LogP) is 3.37. The van der Waals surface area contributed by atoms with Gasteiger partial charge in [-0.25, -0.2) is 0 Å². The molecule has 0 radical (unpaired) electrons. The molecule has 0 saturated heterocycles. The first kappa shape index (κ1) is 14.0. The summed E-state index contributed by atoms with van der Waals surface area (Å²) < 4.78 is 5.45. The van der Waals surface area contributed by atoms with Crippen LogP contribution >= 0.6 is 0 Å². The fraction of sp³-hybridized carbons (Fsp3) is 0.385. The predicted molar refractivity (Wildman–Crippen MR) is 72.2 cm³/mol. The van der Waals surface area contributed by atoms with Gasteiger partial charge >= 0.3 is 5.69 Å². The molecule has 1 aromatic rings. The van der Waals surface area contributed by atoms with Crippen molar-refractivity contribution in [2.75, 3.05) is 18.5 Å². The number of nitro benzene ring substituents is 1. The molecule has 18 heavy (non-hydrogen) atoms. The van der Waals surface area contributed by atoms with Crippen molar-refractivity contribution in [3.63, 3.8) is 0 Å². The molecule has 5 heteroatoms. The Morgan fingerprint density at radius 1 is 1.56 bits per heavy atom. The van der Waals surface area contributed by atoms with Crippen molar-refractivity contribution in [3.05, 3.63) is 40.5 Å². The minimum Gasteiger partial charge on any atom is -0.486 e.